The summed E-state index contributed by atoms with van der Waals surface area (Å²) in [5.41, 5.74) is 7.86. The van der Waals surface area contributed by atoms with Gasteiger partial charge in [-0.25, -0.2) is 0 Å². The first-order chi connectivity index (χ1) is 9.51. The zero-order chi connectivity index (χ0) is 14.7. The predicted molar refractivity (Wildman–Crippen MR) is 88.6 cm³/mol. The van der Waals surface area contributed by atoms with E-state index >= 15 is 0 Å². The fourth-order valence-corrected chi connectivity index (χ4v) is 2.48. The molecule has 3 nitrogen and oxygen atoms in total. The molecule has 20 heavy (non-hydrogen) atoms. The van der Waals surface area contributed by atoms with Crippen molar-refractivity contribution >= 4 is 51.8 Å². The van der Waals surface area contributed by atoms with Crippen LogP contribution in [-0.4, -0.2) is 12.1 Å². The Bertz CT molecular complexity index is 662. The highest BCUT2D eigenvalue weighted by atomic mass is 35.5. The van der Waals surface area contributed by atoms with Gasteiger partial charge in [-0.05, 0) is 36.4 Å². The zero-order valence-corrected chi connectivity index (χ0v) is 12.9. The van der Waals surface area contributed by atoms with E-state index in [2.05, 4.69) is 5.32 Å². The summed E-state index contributed by atoms with van der Waals surface area (Å²) in [6.45, 7) is 0. The number of rotatable bonds is 4. The topological polar surface area (TPSA) is 47.3 Å². The molecule has 0 amide bonds. The van der Waals surface area contributed by atoms with Crippen LogP contribution in [0.5, 0.6) is 5.75 Å². The highest BCUT2D eigenvalue weighted by molar-refractivity contribution is 7.80. The van der Waals surface area contributed by atoms with Crippen LogP contribution in [0.25, 0.3) is 0 Å². The molecule has 104 valence electrons. The SMILES string of the molecule is COc1ccc(Nc2ccc(C(N)=S)c(Cl)c2)cc1Cl. The maximum Gasteiger partial charge on any atom is 0.137 e. The Labute approximate surface area is 132 Å². The molecule has 6 heteroatoms. The van der Waals surface area contributed by atoms with E-state index in [1.165, 1.54) is 0 Å². The minimum Gasteiger partial charge on any atom is -0.495 e. The van der Waals surface area contributed by atoms with Crippen molar-refractivity contribution in [3.8, 4) is 5.75 Å². The van der Waals surface area contributed by atoms with Crippen molar-refractivity contribution in [3.05, 3.63) is 52.0 Å². The lowest BCUT2D eigenvalue weighted by Gasteiger charge is -2.10. The number of anilines is 2. The molecular formula is C14H12Cl2N2OS. The molecule has 0 aliphatic heterocycles. The Hall–Kier alpha value is -1.49. The Morgan fingerprint density at radius 1 is 1.10 bits per heavy atom. The van der Waals surface area contributed by atoms with Gasteiger partial charge in [0.2, 0.25) is 0 Å². The summed E-state index contributed by atoms with van der Waals surface area (Å²) >= 11 is 17.1. The second-order valence-electron chi connectivity index (χ2n) is 4.03. The first-order valence-corrected chi connectivity index (χ1v) is 6.87. The van der Waals surface area contributed by atoms with Crippen molar-refractivity contribution in [3.63, 3.8) is 0 Å². The molecule has 2 rings (SSSR count). The number of hydrogen-bond acceptors (Lipinski definition) is 3. The number of benzene rings is 2. The van der Waals surface area contributed by atoms with Crippen LogP contribution in [0.4, 0.5) is 11.4 Å². The second kappa shape index (κ2) is 6.31. The van der Waals surface area contributed by atoms with Gasteiger partial charge >= 0.3 is 0 Å². The van der Waals surface area contributed by atoms with E-state index in [1.54, 1.807) is 31.4 Å². The molecule has 0 radical (unpaired) electrons. The second-order valence-corrected chi connectivity index (χ2v) is 5.29. The fraction of sp³-hybridized carbons (Fsp3) is 0.0714. The minimum atomic E-state index is 0.272. The van der Waals surface area contributed by atoms with Gasteiger partial charge in [0, 0.05) is 16.9 Å². The first-order valence-electron chi connectivity index (χ1n) is 5.71. The third-order valence-electron chi connectivity index (χ3n) is 2.68. The van der Waals surface area contributed by atoms with E-state index < -0.39 is 0 Å². The minimum absolute atomic E-state index is 0.272. The maximum absolute atomic E-state index is 6.12. The van der Waals surface area contributed by atoms with Crippen LogP contribution in [0.2, 0.25) is 10.0 Å². The highest BCUT2D eigenvalue weighted by Gasteiger charge is 2.06. The fourth-order valence-electron chi connectivity index (χ4n) is 1.70. The van der Waals surface area contributed by atoms with Crippen LogP contribution in [0.15, 0.2) is 36.4 Å². The molecule has 0 atom stereocenters. The normalized spacial score (nSPS) is 10.2. The third-order valence-corrected chi connectivity index (χ3v) is 3.50. The van der Waals surface area contributed by atoms with Gasteiger partial charge < -0.3 is 15.8 Å². The molecular weight excluding hydrogens is 315 g/mol. The van der Waals surface area contributed by atoms with E-state index in [1.807, 2.05) is 12.1 Å². The Morgan fingerprint density at radius 3 is 2.20 bits per heavy atom. The summed E-state index contributed by atoms with van der Waals surface area (Å²) in [6.07, 6.45) is 0. The molecule has 0 aliphatic rings. The van der Waals surface area contributed by atoms with E-state index in [4.69, 9.17) is 45.9 Å². The van der Waals surface area contributed by atoms with Crippen molar-refractivity contribution in [2.24, 2.45) is 5.73 Å². The van der Waals surface area contributed by atoms with E-state index in [0.717, 1.165) is 11.4 Å². The van der Waals surface area contributed by atoms with Crippen LogP contribution in [-0.2, 0) is 0 Å². The Kier molecular flexibility index (Phi) is 4.70. The quantitative estimate of drug-likeness (QED) is 0.818. The largest absolute Gasteiger partial charge is 0.495 e. The smallest absolute Gasteiger partial charge is 0.137 e. The van der Waals surface area contributed by atoms with E-state index in [0.29, 0.717) is 21.4 Å². The van der Waals surface area contributed by atoms with E-state index in [-0.39, 0.29) is 4.99 Å². The average Bonchev–Trinajstić information content (AvgIpc) is 2.38. The number of thiocarbonyl (C=S) groups is 1. The summed E-state index contributed by atoms with van der Waals surface area (Å²) in [5.74, 6) is 0.624. The number of nitrogens with two attached hydrogens (primary N) is 1. The molecule has 0 bridgehead atoms. The Morgan fingerprint density at radius 2 is 1.70 bits per heavy atom. The zero-order valence-electron chi connectivity index (χ0n) is 10.6. The van der Waals surface area contributed by atoms with Gasteiger partial charge in [0.15, 0.2) is 0 Å². The first kappa shape index (κ1) is 14.9. The number of ether oxygens (including phenoxy) is 1. The summed E-state index contributed by atoms with van der Waals surface area (Å²) in [7, 11) is 1.57. The molecule has 2 aromatic carbocycles. The monoisotopic (exact) mass is 326 g/mol. The molecule has 0 unspecified atom stereocenters. The highest BCUT2D eigenvalue weighted by Crippen LogP contribution is 2.30. The summed E-state index contributed by atoms with van der Waals surface area (Å²) in [5, 5.41) is 4.23. The van der Waals surface area contributed by atoms with Crippen molar-refractivity contribution in [1.29, 1.82) is 0 Å². The van der Waals surface area contributed by atoms with Crippen LogP contribution < -0.4 is 15.8 Å². The molecule has 2 aromatic rings. The van der Waals surface area contributed by atoms with Crippen LogP contribution in [0.1, 0.15) is 5.56 Å². The van der Waals surface area contributed by atoms with Gasteiger partial charge in [-0.3, -0.25) is 0 Å². The molecule has 0 fully saturated rings. The molecule has 0 aromatic heterocycles. The van der Waals surface area contributed by atoms with Crippen molar-refractivity contribution < 1.29 is 4.74 Å². The number of hydrogen-bond donors (Lipinski definition) is 2. The van der Waals surface area contributed by atoms with Crippen molar-refractivity contribution in [2.75, 3.05) is 12.4 Å². The molecule has 0 aliphatic carbocycles. The van der Waals surface area contributed by atoms with E-state index in [9.17, 15) is 0 Å². The number of methoxy groups -OCH3 is 1. The van der Waals surface area contributed by atoms with Crippen LogP contribution >= 0.6 is 35.4 Å². The molecule has 0 spiro atoms. The van der Waals surface area contributed by atoms with Gasteiger partial charge in [-0.1, -0.05) is 35.4 Å². The van der Waals surface area contributed by atoms with Gasteiger partial charge in [-0.2, -0.15) is 0 Å². The van der Waals surface area contributed by atoms with Crippen LogP contribution in [0, 0.1) is 0 Å². The summed E-state index contributed by atoms with van der Waals surface area (Å²) in [4.78, 5) is 0.272. The molecule has 3 N–H and O–H groups in total. The summed E-state index contributed by atoms with van der Waals surface area (Å²) < 4.78 is 5.10. The molecule has 0 saturated carbocycles. The lowest BCUT2D eigenvalue weighted by Crippen LogP contribution is -2.09. The molecule has 0 heterocycles. The lowest BCUT2D eigenvalue weighted by molar-refractivity contribution is 0.415. The Balaban J connectivity index is 2.24. The summed E-state index contributed by atoms with van der Waals surface area (Å²) in [6, 6.07) is 10.8. The number of halogens is 2. The van der Waals surface area contributed by atoms with Gasteiger partial charge in [0.05, 0.1) is 17.2 Å². The number of nitrogens with one attached hydrogen (secondary N) is 1. The van der Waals surface area contributed by atoms with Gasteiger partial charge in [0.1, 0.15) is 10.7 Å². The van der Waals surface area contributed by atoms with Gasteiger partial charge in [-0.15, -0.1) is 0 Å². The van der Waals surface area contributed by atoms with Crippen molar-refractivity contribution in [2.45, 2.75) is 0 Å². The lowest BCUT2D eigenvalue weighted by atomic mass is 10.2. The predicted octanol–water partition coefficient (Wildman–Crippen LogP) is 4.38. The maximum atomic E-state index is 6.12. The van der Waals surface area contributed by atoms with Crippen molar-refractivity contribution in [1.82, 2.24) is 0 Å². The van der Waals surface area contributed by atoms with Crippen LogP contribution in [0.3, 0.4) is 0 Å². The average molecular weight is 327 g/mol. The van der Waals surface area contributed by atoms with Gasteiger partial charge in [0.25, 0.3) is 0 Å². The standard InChI is InChI=1S/C14H12Cl2N2OS/c1-19-13-5-3-9(7-12(13)16)18-8-2-4-10(14(17)20)11(15)6-8/h2-7,18H,1H3,(H2,17,20). The third kappa shape index (κ3) is 3.33. The molecule has 0 saturated heterocycles.